The van der Waals surface area contributed by atoms with Gasteiger partial charge in [-0.1, -0.05) is 84.9 Å². The van der Waals surface area contributed by atoms with Gasteiger partial charge in [-0.25, -0.2) is 8.42 Å². The standard InChI is InChI=1S/C34H41Cl2N3O5S/c1-44-29-16-9-15-28(23-29)39(45(2,42)43)20-10-17-33(40)38(24-26-18-19-30(35)31(36)21-26)32(22-25-11-5-3-6-12-25)34(41)37-27-13-7-4-8-14-27/h3,5-6,9,11-12,15-16,18-19,21,23,27,32H,4,7-8,10,13-14,17,20,22,24H2,1-2H3,(H,37,41)/t32-/m0/s1. The number of amides is 2. The van der Waals surface area contributed by atoms with Crippen molar-refractivity contribution in [1.29, 1.82) is 0 Å². The van der Waals surface area contributed by atoms with Gasteiger partial charge in [0.1, 0.15) is 11.8 Å². The van der Waals surface area contributed by atoms with Crippen molar-refractivity contribution in [3.63, 3.8) is 0 Å². The first-order chi connectivity index (χ1) is 21.5. The topological polar surface area (TPSA) is 96.0 Å². The van der Waals surface area contributed by atoms with Gasteiger partial charge in [-0.05, 0) is 54.7 Å². The van der Waals surface area contributed by atoms with E-state index in [2.05, 4.69) is 5.32 Å². The fourth-order valence-corrected chi connectivity index (χ4v) is 6.98. The average molecular weight is 675 g/mol. The molecule has 0 radical (unpaired) electrons. The molecule has 45 heavy (non-hydrogen) atoms. The van der Waals surface area contributed by atoms with Crippen LogP contribution >= 0.6 is 23.2 Å². The number of rotatable bonds is 14. The highest BCUT2D eigenvalue weighted by molar-refractivity contribution is 7.92. The van der Waals surface area contributed by atoms with Crippen molar-refractivity contribution in [2.24, 2.45) is 0 Å². The molecule has 2 amide bonds. The van der Waals surface area contributed by atoms with E-state index in [9.17, 15) is 18.0 Å². The molecule has 8 nitrogen and oxygen atoms in total. The molecule has 0 saturated heterocycles. The maximum Gasteiger partial charge on any atom is 0.243 e. The summed E-state index contributed by atoms with van der Waals surface area (Å²) in [5.41, 5.74) is 2.11. The minimum absolute atomic E-state index is 0.0271. The monoisotopic (exact) mass is 673 g/mol. The molecule has 1 aliphatic rings. The predicted molar refractivity (Wildman–Crippen MR) is 180 cm³/mol. The normalized spacial score (nSPS) is 14.4. The smallest absolute Gasteiger partial charge is 0.243 e. The van der Waals surface area contributed by atoms with Crippen molar-refractivity contribution in [3.8, 4) is 5.75 Å². The molecule has 0 heterocycles. The summed E-state index contributed by atoms with van der Waals surface area (Å²) in [5.74, 6) is 0.0611. The van der Waals surface area contributed by atoms with Crippen LogP contribution in [0.2, 0.25) is 10.0 Å². The third kappa shape index (κ3) is 10.1. The van der Waals surface area contributed by atoms with Crippen LogP contribution in [0.1, 0.15) is 56.1 Å². The van der Waals surface area contributed by atoms with Gasteiger partial charge >= 0.3 is 0 Å². The molecule has 1 fully saturated rings. The van der Waals surface area contributed by atoms with Crippen LogP contribution in [-0.2, 0) is 32.6 Å². The van der Waals surface area contributed by atoms with E-state index in [1.165, 1.54) is 11.4 Å². The Balaban J connectivity index is 1.61. The quantitative estimate of drug-likeness (QED) is 0.207. The van der Waals surface area contributed by atoms with E-state index in [0.29, 0.717) is 27.9 Å². The van der Waals surface area contributed by atoms with Crippen molar-refractivity contribution in [3.05, 3.63) is 94.0 Å². The molecule has 0 spiro atoms. The lowest BCUT2D eigenvalue weighted by molar-refractivity contribution is -0.141. The number of halogens is 2. The lowest BCUT2D eigenvalue weighted by Gasteiger charge is -2.34. The van der Waals surface area contributed by atoms with Crippen LogP contribution in [0, 0.1) is 0 Å². The van der Waals surface area contributed by atoms with Crippen LogP contribution in [0.4, 0.5) is 5.69 Å². The Hall–Kier alpha value is -3.27. The van der Waals surface area contributed by atoms with E-state index in [1.54, 1.807) is 47.4 Å². The van der Waals surface area contributed by atoms with Gasteiger partial charge in [-0.15, -0.1) is 0 Å². The highest BCUT2D eigenvalue weighted by Gasteiger charge is 2.32. The summed E-state index contributed by atoms with van der Waals surface area (Å²) < 4.78 is 32.0. The van der Waals surface area contributed by atoms with Crippen molar-refractivity contribution in [2.75, 3.05) is 24.2 Å². The van der Waals surface area contributed by atoms with E-state index < -0.39 is 16.1 Å². The number of hydrogen-bond donors (Lipinski definition) is 1. The zero-order valence-corrected chi connectivity index (χ0v) is 28.1. The fourth-order valence-electron chi connectivity index (χ4n) is 5.70. The molecule has 4 rings (SSSR count). The van der Waals surface area contributed by atoms with Crippen LogP contribution in [0.15, 0.2) is 72.8 Å². The van der Waals surface area contributed by atoms with Gasteiger partial charge in [0.05, 0.1) is 29.1 Å². The molecule has 1 saturated carbocycles. The molecule has 0 aliphatic heterocycles. The minimum Gasteiger partial charge on any atom is -0.497 e. The molecule has 3 aromatic carbocycles. The third-order valence-electron chi connectivity index (χ3n) is 8.05. The Morgan fingerprint density at radius 1 is 0.933 bits per heavy atom. The summed E-state index contributed by atoms with van der Waals surface area (Å²) in [6.07, 6.45) is 6.83. The summed E-state index contributed by atoms with van der Waals surface area (Å²) in [6, 6.07) is 20.9. The van der Waals surface area contributed by atoms with Gasteiger partial charge in [0.25, 0.3) is 0 Å². The van der Waals surface area contributed by atoms with Crippen molar-refractivity contribution in [2.45, 2.75) is 70.0 Å². The molecule has 0 aromatic heterocycles. The van der Waals surface area contributed by atoms with Crippen molar-refractivity contribution in [1.82, 2.24) is 10.2 Å². The first kappa shape index (κ1) is 34.6. The number of carbonyl (C=O) groups is 2. The van der Waals surface area contributed by atoms with E-state index >= 15 is 0 Å². The fraction of sp³-hybridized carbons (Fsp3) is 0.412. The summed E-state index contributed by atoms with van der Waals surface area (Å²) in [7, 11) is -2.13. The highest BCUT2D eigenvalue weighted by atomic mass is 35.5. The molecule has 1 N–H and O–H groups in total. The van der Waals surface area contributed by atoms with Crippen LogP contribution in [0.25, 0.3) is 0 Å². The van der Waals surface area contributed by atoms with Crippen LogP contribution in [0.5, 0.6) is 5.75 Å². The van der Waals surface area contributed by atoms with Crippen LogP contribution < -0.4 is 14.4 Å². The summed E-state index contributed by atoms with van der Waals surface area (Å²) >= 11 is 12.5. The maximum atomic E-state index is 14.1. The second-order valence-electron chi connectivity index (χ2n) is 11.5. The van der Waals surface area contributed by atoms with Crippen LogP contribution in [-0.4, -0.2) is 57.1 Å². The number of hydrogen-bond acceptors (Lipinski definition) is 5. The Morgan fingerprint density at radius 3 is 2.33 bits per heavy atom. The van der Waals surface area contributed by atoms with E-state index in [-0.39, 0.29) is 43.8 Å². The number of carbonyl (C=O) groups excluding carboxylic acids is 2. The minimum atomic E-state index is -3.64. The van der Waals surface area contributed by atoms with Gasteiger partial charge in [-0.2, -0.15) is 0 Å². The molecule has 0 unspecified atom stereocenters. The highest BCUT2D eigenvalue weighted by Crippen LogP contribution is 2.26. The number of sulfonamides is 1. The zero-order valence-electron chi connectivity index (χ0n) is 25.8. The third-order valence-corrected chi connectivity index (χ3v) is 9.99. The van der Waals surface area contributed by atoms with Crippen LogP contribution in [0.3, 0.4) is 0 Å². The number of benzene rings is 3. The van der Waals surface area contributed by atoms with Crippen molar-refractivity contribution >= 4 is 50.7 Å². The number of nitrogens with zero attached hydrogens (tertiary/aromatic N) is 2. The lowest BCUT2D eigenvalue weighted by Crippen LogP contribution is -2.52. The zero-order chi connectivity index (χ0) is 32.4. The first-order valence-corrected chi connectivity index (χ1v) is 17.8. The molecular formula is C34H41Cl2N3O5S. The average Bonchev–Trinajstić information content (AvgIpc) is 3.03. The number of nitrogens with one attached hydrogen (secondary N) is 1. The Labute approximate surface area is 276 Å². The maximum absolute atomic E-state index is 14.1. The molecule has 11 heteroatoms. The van der Waals surface area contributed by atoms with Gasteiger partial charge in [0.2, 0.25) is 21.8 Å². The summed E-state index contributed by atoms with van der Waals surface area (Å²) in [4.78, 5) is 29.7. The SMILES string of the molecule is COc1cccc(N(CCCC(=O)N(Cc2ccc(Cl)c(Cl)c2)[C@@H](Cc2ccccc2)C(=O)NC2CCCCC2)S(C)(=O)=O)c1. The Morgan fingerprint density at radius 2 is 1.67 bits per heavy atom. The Bertz CT molecular complexity index is 1550. The molecule has 242 valence electrons. The van der Waals surface area contributed by atoms with Gasteiger partial charge < -0.3 is 15.0 Å². The molecular weight excluding hydrogens is 633 g/mol. The summed E-state index contributed by atoms with van der Waals surface area (Å²) in [5, 5.41) is 3.98. The van der Waals surface area contributed by atoms with E-state index in [4.69, 9.17) is 27.9 Å². The van der Waals surface area contributed by atoms with Gasteiger partial charge in [0, 0.05) is 38.0 Å². The second-order valence-corrected chi connectivity index (χ2v) is 14.2. The van der Waals surface area contributed by atoms with Gasteiger partial charge in [0.15, 0.2) is 0 Å². The number of ether oxygens (including phenoxy) is 1. The van der Waals surface area contributed by atoms with E-state index in [1.807, 2.05) is 30.3 Å². The predicted octanol–water partition coefficient (Wildman–Crippen LogP) is 6.64. The second kappa shape index (κ2) is 16.3. The molecule has 0 bridgehead atoms. The molecule has 3 aromatic rings. The first-order valence-electron chi connectivity index (χ1n) is 15.2. The summed E-state index contributed by atoms with van der Waals surface area (Å²) in [6.45, 7) is 0.215. The van der Waals surface area contributed by atoms with E-state index in [0.717, 1.165) is 49.5 Å². The molecule has 1 aliphatic carbocycles. The lowest BCUT2D eigenvalue weighted by atomic mass is 9.94. The largest absolute Gasteiger partial charge is 0.497 e. The molecule has 1 atom stereocenters. The number of anilines is 1. The van der Waals surface area contributed by atoms with Gasteiger partial charge in [-0.3, -0.25) is 13.9 Å². The number of methoxy groups -OCH3 is 1. The van der Waals surface area contributed by atoms with Crippen molar-refractivity contribution < 1.29 is 22.7 Å². The Kier molecular flexibility index (Phi) is 12.6.